The molecule has 2 N–H and O–H groups in total. The molecule has 0 aliphatic heterocycles. The number of esters is 1. The Bertz CT molecular complexity index is 970. The summed E-state index contributed by atoms with van der Waals surface area (Å²) in [6.07, 6.45) is 0. The summed E-state index contributed by atoms with van der Waals surface area (Å²) in [5.74, 6) is -3.99. The van der Waals surface area contributed by atoms with Crippen LogP contribution in [0.5, 0.6) is 0 Å². The average molecular weight is 397 g/mol. The molecule has 0 aliphatic carbocycles. The van der Waals surface area contributed by atoms with E-state index in [1.807, 2.05) is 0 Å². The fourth-order valence-electron chi connectivity index (χ4n) is 2.77. The van der Waals surface area contributed by atoms with E-state index in [4.69, 9.17) is 4.74 Å². The van der Waals surface area contributed by atoms with Gasteiger partial charge in [-0.3, -0.25) is 4.79 Å². The number of benzene rings is 3. The van der Waals surface area contributed by atoms with Crippen molar-refractivity contribution in [1.82, 2.24) is 0 Å². The van der Waals surface area contributed by atoms with Crippen LogP contribution in [0, 0.1) is 11.6 Å². The Morgan fingerprint density at radius 2 is 1.41 bits per heavy atom. The molecule has 0 saturated carbocycles. The van der Waals surface area contributed by atoms with Crippen molar-refractivity contribution in [2.45, 2.75) is 5.60 Å². The summed E-state index contributed by atoms with van der Waals surface area (Å²) in [7, 11) is 0. The fourth-order valence-corrected chi connectivity index (χ4v) is 2.77. The Morgan fingerprint density at radius 3 is 1.93 bits per heavy atom. The first-order chi connectivity index (χ1) is 13.9. The predicted molar refractivity (Wildman–Crippen MR) is 102 cm³/mol. The van der Waals surface area contributed by atoms with Crippen molar-refractivity contribution in [3.8, 4) is 0 Å². The van der Waals surface area contributed by atoms with Crippen LogP contribution in [0.1, 0.15) is 11.1 Å². The molecule has 0 fully saturated rings. The molecule has 0 atom stereocenters. The number of hydrogen-bond acceptors (Lipinski definition) is 4. The van der Waals surface area contributed by atoms with E-state index >= 15 is 0 Å². The van der Waals surface area contributed by atoms with Gasteiger partial charge in [-0.2, -0.15) is 0 Å². The number of rotatable bonds is 6. The molecule has 3 aromatic carbocycles. The van der Waals surface area contributed by atoms with Gasteiger partial charge in [0.1, 0.15) is 0 Å². The van der Waals surface area contributed by atoms with Crippen LogP contribution in [-0.2, 0) is 19.9 Å². The van der Waals surface area contributed by atoms with Crippen molar-refractivity contribution in [3.05, 3.63) is 102 Å². The summed E-state index contributed by atoms with van der Waals surface area (Å²) >= 11 is 0. The van der Waals surface area contributed by atoms with Gasteiger partial charge < -0.3 is 15.2 Å². The Kier molecular flexibility index (Phi) is 5.99. The van der Waals surface area contributed by atoms with E-state index in [2.05, 4.69) is 5.32 Å². The zero-order valence-corrected chi connectivity index (χ0v) is 15.1. The van der Waals surface area contributed by atoms with E-state index in [-0.39, 0.29) is 16.8 Å². The molecule has 29 heavy (non-hydrogen) atoms. The minimum atomic E-state index is -2.12. The van der Waals surface area contributed by atoms with Crippen LogP contribution in [0.25, 0.3) is 0 Å². The maximum atomic E-state index is 13.2. The molecule has 3 aromatic rings. The van der Waals surface area contributed by atoms with Gasteiger partial charge in [-0.25, -0.2) is 13.6 Å². The summed E-state index contributed by atoms with van der Waals surface area (Å²) in [6.45, 7) is -0.722. The minimum Gasteiger partial charge on any atom is -0.453 e. The van der Waals surface area contributed by atoms with Gasteiger partial charge in [-0.05, 0) is 23.3 Å². The first-order valence-electron chi connectivity index (χ1n) is 8.67. The Hall–Kier alpha value is -3.58. The van der Waals surface area contributed by atoms with Crippen molar-refractivity contribution in [3.63, 3.8) is 0 Å². The quantitative estimate of drug-likeness (QED) is 0.626. The highest BCUT2D eigenvalue weighted by Crippen LogP contribution is 2.31. The van der Waals surface area contributed by atoms with Gasteiger partial charge in [0, 0.05) is 11.8 Å². The lowest BCUT2D eigenvalue weighted by Crippen LogP contribution is -2.39. The molecule has 5 nitrogen and oxygen atoms in total. The van der Waals surface area contributed by atoms with Gasteiger partial charge in [0.25, 0.3) is 5.91 Å². The van der Waals surface area contributed by atoms with E-state index in [9.17, 15) is 23.5 Å². The maximum absolute atomic E-state index is 13.2. The highest BCUT2D eigenvalue weighted by atomic mass is 19.2. The van der Waals surface area contributed by atoms with Crippen molar-refractivity contribution in [1.29, 1.82) is 0 Å². The number of hydrogen-bond donors (Lipinski definition) is 2. The summed E-state index contributed by atoms with van der Waals surface area (Å²) in [4.78, 5) is 24.8. The van der Waals surface area contributed by atoms with Crippen LogP contribution >= 0.6 is 0 Å². The van der Waals surface area contributed by atoms with Gasteiger partial charge in [0.2, 0.25) is 5.60 Å². The molecule has 0 unspecified atom stereocenters. The topological polar surface area (TPSA) is 75.6 Å². The lowest BCUT2D eigenvalue weighted by Gasteiger charge is -2.26. The van der Waals surface area contributed by atoms with Gasteiger partial charge >= 0.3 is 5.97 Å². The highest BCUT2D eigenvalue weighted by Gasteiger charge is 2.41. The Labute approximate surface area is 165 Å². The Balaban J connectivity index is 1.75. The molecule has 0 heterocycles. The lowest BCUT2D eigenvalue weighted by molar-refractivity contribution is -0.163. The maximum Gasteiger partial charge on any atom is 0.348 e. The largest absolute Gasteiger partial charge is 0.453 e. The highest BCUT2D eigenvalue weighted by molar-refractivity contribution is 5.94. The molecule has 7 heteroatoms. The van der Waals surface area contributed by atoms with E-state index in [0.29, 0.717) is 0 Å². The third-order valence-electron chi connectivity index (χ3n) is 4.22. The predicted octanol–water partition coefficient (Wildman–Crippen LogP) is 3.38. The number of carbonyl (C=O) groups excluding carboxylic acids is 2. The minimum absolute atomic E-state index is 0.00586. The number of ether oxygens (including phenoxy) is 1. The summed E-state index contributed by atoms with van der Waals surface area (Å²) in [5, 5.41) is 13.5. The zero-order valence-electron chi connectivity index (χ0n) is 15.1. The monoisotopic (exact) mass is 397 g/mol. The zero-order chi connectivity index (χ0) is 20.9. The number of nitrogens with one attached hydrogen (secondary N) is 1. The summed E-state index contributed by atoms with van der Waals surface area (Å²) in [6, 6.07) is 19.2. The average Bonchev–Trinajstić information content (AvgIpc) is 2.75. The molecule has 0 spiro atoms. The lowest BCUT2D eigenvalue weighted by atomic mass is 9.86. The third kappa shape index (κ3) is 4.47. The van der Waals surface area contributed by atoms with Crippen molar-refractivity contribution in [2.24, 2.45) is 0 Å². The van der Waals surface area contributed by atoms with E-state index in [1.54, 1.807) is 60.7 Å². The number of carbonyl (C=O) groups is 2. The van der Waals surface area contributed by atoms with Crippen molar-refractivity contribution >= 4 is 17.6 Å². The number of amides is 1. The van der Waals surface area contributed by atoms with Crippen LogP contribution in [0.3, 0.4) is 0 Å². The number of aliphatic hydroxyl groups is 1. The van der Waals surface area contributed by atoms with Gasteiger partial charge in [0.15, 0.2) is 18.2 Å². The number of anilines is 1. The summed E-state index contributed by atoms with van der Waals surface area (Å²) < 4.78 is 31.2. The van der Waals surface area contributed by atoms with Crippen LogP contribution in [-0.4, -0.2) is 23.6 Å². The van der Waals surface area contributed by atoms with Gasteiger partial charge in [0.05, 0.1) is 0 Å². The van der Waals surface area contributed by atoms with E-state index in [0.717, 1.165) is 12.1 Å². The molecule has 1 amide bonds. The standard InChI is InChI=1S/C22H17F2NO4/c23-18-12-11-17(13-19(18)24)25-20(26)14-29-21(27)22(28,15-7-3-1-4-8-15)16-9-5-2-6-10-16/h1-13,28H,14H2,(H,25,26). The van der Waals surface area contributed by atoms with Crippen LogP contribution in [0.4, 0.5) is 14.5 Å². The van der Waals surface area contributed by atoms with E-state index in [1.165, 1.54) is 6.07 Å². The van der Waals surface area contributed by atoms with E-state index < -0.39 is 35.7 Å². The van der Waals surface area contributed by atoms with Crippen LogP contribution < -0.4 is 5.32 Å². The Morgan fingerprint density at radius 1 is 0.862 bits per heavy atom. The second-order valence-corrected chi connectivity index (χ2v) is 6.20. The van der Waals surface area contributed by atoms with Crippen LogP contribution in [0.15, 0.2) is 78.9 Å². The molecule has 0 bridgehead atoms. The fraction of sp³-hybridized carbons (Fsp3) is 0.0909. The molecule has 3 rings (SSSR count). The second kappa shape index (κ2) is 8.62. The van der Waals surface area contributed by atoms with Crippen LogP contribution in [0.2, 0.25) is 0 Å². The summed E-state index contributed by atoms with van der Waals surface area (Å²) in [5.41, 5.74) is -1.56. The first kappa shape index (κ1) is 20.2. The molecule has 0 saturated heterocycles. The van der Waals surface area contributed by atoms with Crippen molar-refractivity contribution < 1.29 is 28.2 Å². The molecule has 148 valence electrons. The van der Waals surface area contributed by atoms with Gasteiger partial charge in [-0.15, -0.1) is 0 Å². The molecule has 0 radical (unpaired) electrons. The molecular formula is C22H17F2NO4. The first-order valence-corrected chi connectivity index (χ1v) is 8.67. The van der Waals surface area contributed by atoms with Crippen molar-refractivity contribution in [2.75, 3.05) is 11.9 Å². The smallest absolute Gasteiger partial charge is 0.348 e. The second-order valence-electron chi connectivity index (χ2n) is 6.20. The third-order valence-corrected chi connectivity index (χ3v) is 4.22. The van der Waals surface area contributed by atoms with Gasteiger partial charge in [-0.1, -0.05) is 60.7 Å². The molecular weight excluding hydrogens is 380 g/mol. The SMILES string of the molecule is O=C(COC(=O)C(O)(c1ccccc1)c1ccccc1)Nc1ccc(F)c(F)c1. The molecule has 0 aliphatic rings. The number of halogens is 2. The normalized spacial score (nSPS) is 11.0. The molecule has 0 aromatic heterocycles.